The molecule has 0 radical (unpaired) electrons. The Bertz CT molecular complexity index is 174. The van der Waals surface area contributed by atoms with Gasteiger partial charge in [-0.3, -0.25) is 0 Å². The molecule has 1 N–H and O–H groups in total. The summed E-state index contributed by atoms with van der Waals surface area (Å²) in [6.07, 6.45) is 9.64. The first kappa shape index (κ1) is 14.0. The number of hydrogen-bond donors (Lipinski definition) is 1. The van der Waals surface area contributed by atoms with E-state index in [4.69, 9.17) is 4.74 Å². The molecule has 0 aromatic rings. The highest BCUT2D eigenvalue weighted by molar-refractivity contribution is 4.81. The van der Waals surface area contributed by atoms with Crippen molar-refractivity contribution >= 4 is 0 Å². The molecule has 16 heavy (non-hydrogen) atoms. The standard InChI is InChI=1S/C14H29NO/c1-4-13(11-16-3)15-12-14(2)9-7-5-6-8-10-14/h13,15H,4-12H2,1-3H3. The van der Waals surface area contributed by atoms with E-state index in [1.165, 1.54) is 38.5 Å². The van der Waals surface area contributed by atoms with Crippen molar-refractivity contribution in [2.45, 2.75) is 64.8 Å². The Kier molecular flexibility index (Phi) is 6.37. The van der Waals surface area contributed by atoms with Crippen LogP contribution in [0.2, 0.25) is 0 Å². The Morgan fingerprint density at radius 1 is 1.19 bits per heavy atom. The quantitative estimate of drug-likeness (QED) is 0.703. The van der Waals surface area contributed by atoms with E-state index in [1.807, 2.05) is 0 Å². The fourth-order valence-electron chi connectivity index (χ4n) is 2.67. The van der Waals surface area contributed by atoms with Crippen molar-refractivity contribution in [3.05, 3.63) is 0 Å². The second kappa shape index (κ2) is 7.29. The summed E-state index contributed by atoms with van der Waals surface area (Å²) in [4.78, 5) is 0. The minimum atomic E-state index is 0.525. The molecule has 1 rings (SSSR count). The van der Waals surface area contributed by atoms with Gasteiger partial charge in [0.2, 0.25) is 0 Å². The van der Waals surface area contributed by atoms with Crippen LogP contribution < -0.4 is 5.32 Å². The second-order valence-corrected chi connectivity index (χ2v) is 5.67. The van der Waals surface area contributed by atoms with Crippen molar-refractivity contribution in [1.82, 2.24) is 5.32 Å². The zero-order valence-corrected chi connectivity index (χ0v) is 11.3. The van der Waals surface area contributed by atoms with E-state index >= 15 is 0 Å². The normalized spacial score (nSPS) is 22.7. The first-order chi connectivity index (χ1) is 7.70. The van der Waals surface area contributed by atoms with E-state index in [9.17, 15) is 0 Å². The van der Waals surface area contributed by atoms with Gasteiger partial charge in [0.05, 0.1) is 6.61 Å². The van der Waals surface area contributed by atoms with Gasteiger partial charge in [-0.05, 0) is 24.7 Å². The van der Waals surface area contributed by atoms with Crippen LogP contribution in [0, 0.1) is 5.41 Å². The molecule has 1 saturated carbocycles. The van der Waals surface area contributed by atoms with Crippen LogP contribution in [0.1, 0.15) is 58.8 Å². The summed E-state index contributed by atoms with van der Waals surface area (Å²) in [5, 5.41) is 3.68. The third-order valence-electron chi connectivity index (χ3n) is 3.99. The molecule has 96 valence electrons. The molecular weight excluding hydrogens is 198 g/mol. The van der Waals surface area contributed by atoms with Gasteiger partial charge in [0.15, 0.2) is 0 Å². The van der Waals surface area contributed by atoms with E-state index in [1.54, 1.807) is 7.11 Å². The molecule has 1 fully saturated rings. The van der Waals surface area contributed by atoms with Gasteiger partial charge < -0.3 is 10.1 Å². The fraction of sp³-hybridized carbons (Fsp3) is 1.00. The van der Waals surface area contributed by atoms with Crippen molar-refractivity contribution in [3.8, 4) is 0 Å². The van der Waals surface area contributed by atoms with Crippen LogP contribution in [0.4, 0.5) is 0 Å². The molecule has 1 aliphatic rings. The molecule has 0 spiro atoms. The maximum Gasteiger partial charge on any atom is 0.0615 e. The smallest absolute Gasteiger partial charge is 0.0615 e. The SMILES string of the molecule is CCC(COC)NCC1(C)CCCCCC1. The average Bonchev–Trinajstić information content (AvgIpc) is 2.50. The second-order valence-electron chi connectivity index (χ2n) is 5.67. The first-order valence-corrected chi connectivity index (χ1v) is 6.92. The Morgan fingerprint density at radius 2 is 1.81 bits per heavy atom. The van der Waals surface area contributed by atoms with Crippen molar-refractivity contribution < 1.29 is 4.74 Å². The van der Waals surface area contributed by atoms with Crippen LogP contribution in [0.25, 0.3) is 0 Å². The third-order valence-corrected chi connectivity index (χ3v) is 3.99. The summed E-state index contributed by atoms with van der Waals surface area (Å²) in [5.74, 6) is 0. The number of hydrogen-bond acceptors (Lipinski definition) is 2. The van der Waals surface area contributed by atoms with Crippen LogP contribution in [0.5, 0.6) is 0 Å². The van der Waals surface area contributed by atoms with Crippen molar-refractivity contribution in [1.29, 1.82) is 0 Å². The fourth-order valence-corrected chi connectivity index (χ4v) is 2.67. The Labute approximate surface area is 101 Å². The van der Waals surface area contributed by atoms with Crippen LogP contribution in [0.3, 0.4) is 0 Å². The number of ether oxygens (including phenoxy) is 1. The minimum absolute atomic E-state index is 0.525. The summed E-state index contributed by atoms with van der Waals surface area (Å²) in [6, 6.07) is 0.532. The van der Waals surface area contributed by atoms with Gasteiger partial charge in [0.25, 0.3) is 0 Å². The van der Waals surface area contributed by atoms with Crippen LogP contribution in [-0.2, 0) is 4.74 Å². The van der Waals surface area contributed by atoms with Gasteiger partial charge in [-0.2, -0.15) is 0 Å². The van der Waals surface area contributed by atoms with E-state index in [-0.39, 0.29) is 0 Å². The highest BCUT2D eigenvalue weighted by Gasteiger charge is 2.25. The molecule has 0 amide bonds. The predicted molar refractivity (Wildman–Crippen MR) is 69.8 cm³/mol. The highest BCUT2D eigenvalue weighted by atomic mass is 16.5. The molecular formula is C14H29NO. The topological polar surface area (TPSA) is 21.3 Å². The van der Waals surface area contributed by atoms with Gasteiger partial charge in [-0.1, -0.05) is 39.5 Å². The molecule has 0 saturated heterocycles. The molecule has 0 aromatic heterocycles. The molecule has 1 aliphatic carbocycles. The van der Waals surface area contributed by atoms with E-state index < -0.39 is 0 Å². The molecule has 1 unspecified atom stereocenters. The van der Waals surface area contributed by atoms with E-state index in [0.29, 0.717) is 11.5 Å². The summed E-state index contributed by atoms with van der Waals surface area (Å²) in [5.41, 5.74) is 0.525. The molecule has 2 nitrogen and oxygen atoms in total. The van der Waals surface area contributed by atoms with E-state index in [0.717, 1.165) is 19.6 Å². The van der Waals surface area contributed by atoms with Gasteiger partial charge in [0, 0.05) is 19.7 Å². The lowest BCUT2D eigenvalue weighted by Gasteiger charge is -2.30. The van der Waals surface area contributed by atoms with Crippen molar-refractivity contribution in [2.24, 2.45) is 5.41 Å². The number of rotatable bonds is 6. The lowest BCUT2D eigenvalue weighted by atomic mass is 9.82. The lowest BCUT2D eigenvalue weighted by molar-refractivity contribution is 0.151. The zero-order valence-electron chi connectivity index (χ0n) is 11.3. The summed E-state index contributed by atoms with van der Waals surface area (Å²) >= 11 is 0. The van der Waals surface area contributed by atoms with Crippen LogP contribution >= 0.6 is 0 Å². The maximum absolute atomic E-state index is 5.23. The predicted octanol–water partition coefficient (Wildman–Crippen LogP) is 3.36. The Morgan fingerprint density at radius 3 is 2.31 bits per heavy atom. The average molecular weight is 227 g/mol. The highest BCUT2D eigenvalue weighted by Crippen LogP contribution is 2.33. The molecule has 0 bridgehead atoms. The lowest BCUT2D eigenvalue weighted by Crippen LogP contribution is -2.40. The molecule has 1 atom stereocenters. The molecule has 0 aromatic carbocycles. The monoisotopic (exact) mass is 227 g/mol. The largest absolute Gasteiger partial charge is 0.383 e. The summed E-state index contributed by atoms with van der Waals surface area (Å²) in [7, 11) is 1.79. The summed E-state index contributed by atoms with van der Waals surface area (Å²) in [6.45, 7) is 6.68. The summed E-state index contributed by atoms with van der Waals surface area (Å²) < 4.78 is 5.23. The number of methoxy groups -OCH3 is 1. The van der Waals surface area contributed by atoms with Gasteiger partial charge in [-0.15, -0.1) is 0 Å². The first-order valence-electron chi connectivity index (χ1n) is 6.92. The van der Waals surface area contributed by atoms with Crippen molar-refractivity contribution in [3.63, 3.8) is 0 Å². The van der Waals surface area contributed by atoms with E-state index in [2.05, 4.69) is 19.2 Å². The van der Waals surface area contributed by atoms with Gasteiger partial charge in [0.1, 0.15) is 0 Å². The zero-order chi connectivity index (χ0) is 11.9. The molecule has 0 heterocycles. The van der Waals surface area contributed by atoms with Crippen molar-refractivity contribution in [2.75, 3.05) is 20.3 Å². The molecule has 0 aliphatic heterocycles. The van der Waals surface area contributed by atoms with Gasteiger partial charge >= 0.3 is 0 Å². The maximum atomic E-state index is 5.23. The minimum Gasteiger partial charge on any atom is -0.383 e. The Hall–Kier alpha value is -0.0800. The van der Waals surface area contributed by atoms with Crippen LogP contribution in [0.15, 0.2) is 0 Å². The van der Waals surface area contributed by atoms with Crippen LogP contribution in [-0.4, -0.2) is 26.3 Å². The third kappa shape index (κ3) is 4.84. The Balaban J connectivity index is 2.32. The van der Waals surface area contributed by atoms with Gasteiger partial charge in [-0.25, -0.2) is 0 Å². The number of nitrogens with one attached hydrogen (secondary N) is 1. The molecule has 2 heteroatoms.